The quantitative estimate of drug-likeness (QED) is 0.800. The highest BCUT2D eigenvalue weighted by atomic mass is 79.9. The van der Waals surface area contributed by atoms with E-state index in [1.54, 1.807) is 10.4 Å². The van der Waals surface area contributed by atoms with Crippen LogP contribution < -0.4 is 5.32 Å². The molecule has 0 aliphatic heterocycles. The van der Waals surface area contributed by atoms with E-state index in [4.69, 9.17) is 0 Å². The third-order valence-corrected chi connectivity index (χ3v) is 6.25. The molecule has 3 heteroatoms. The zero-order chi connectivity index (χ0) is 12.5. The second-order valence-corrected chi connectivity index (χ2v) is 8.51. The molecular formula is C15H22BrNS. The van der Waals surface area contributed by atoms with E-state index in [1.807, 2.05) is 11.3 Å². The van der Waals surface area contributed by atoms with Crippen molar-refractivity contribution >= 4 is 27.3 Å². The number of thiophene rings is 1. The third kappa shape index (κ3) is 2.83. The second-order valence-electron chi connectivity index (χ2n) is 6.00. The standard InChI is InChI=1S/C15H22BrNS/c1-10-5-7-11(8-6-10)17-13-3-2-4-14-12(13)9-15(16)18-14/h9-11,13,17H,2-8H2,1H3. The minimum absolute atomic E-state index is 0.620. The molecule has 0 radical (unpaired) electrons. The van der Waals surface area contributed by atoms with Gasteiger partial charge in [0, 0.05) is 17.0 Å². The van der Waals surface area contributed by atoms with Crippen molar-refractivity contribution in [2.75, 3.05) is 0 Å². The molecule has 1 unspecified atom stereocenters. The van der Waals surface area contributed by atoms with Gasteiger partial charge in [0.15, 0.2) is 0 Å². The minimum Gasteiger partial charge on any atom is -0.307 e. The van der Waals surface area contributed by atoms with Crippen LogP contribution in [0.2, 0.25) is 0 Å². The Kier molecular flexibility index (Phi) is 4.12. The van der Waals surface area contributed by atoms with Crippen LogP contribution in [0.5, 0.6) is 0 Å². The highest BCUT2D eigenvalue weighted by Gasteiger charge is 2.26. The van der Waals surface area contributed by atoms with E-state index >= 15 is 0 Å². The summed E-state index contributed by atoms with van der Waals surface area (Å²) in [6.07, 6.45) is 9.51. The normalized spacial score (nSPS) is 32.2. The third-order valence-electron chi connectivity index (χ3n) is 4.54. The van der Waals surface area contributed by atoms with E-state index in [0.29, 0.717) is 6.04 Å². The predicted molar refractivity (Wildman–Crippen MR) is 82.3 cm³/mol. The molecule has 0 amide bonds. The fourth-order valence-corrected chi connectivity index (χ4v) is 5.23. The molecule has 1 fully saturated rings. The van der Waals surface area contributed by atoms with E-state index in [9.17, 15) is 0 Å². The van der Waals surface area contributed by atoms with Gasteiger partial charge >= 0.3 is 0 Å². The van der Waals surface area contributed by atoms with Gasteiger partial charge in [0.25, 0.3) is 0 Å². The Morgan fingerprint density at radius 2 is 2.00 bits per heavy atom. The number of hydrogen-bond acceptors (Lipinski definition) is 2. The molecule has 1 saturated carbocycles. The lowest BCUT2D eigenvalue weighted by molar-refractivity contribution is 0.278. The fourth-order valence-electron chi connectivity index (χ4n) is 3.41. The summed E-state index contributed by atoms with van der Waals surface area (Å²) < 4.78 is 1.30. The number of fused-ring (bicyclic) bond motifs is 1. The zero-order valence-corrected chi connectivity index (χ0v) is 13.4. The Balaban J connectivity index is 1.67. The van der Waals surface area contributed by atoms with Crippen molar-refractivity contribution in [1.29, 1.82) is 0 Å². The molecule has 0 bridgehead atoms. The number of hydrogen-bond donors (Lipinski definition) is 1. The summed E-state index contributed by atoms with van der Waals surface area (Å²) in [7, 11) is 0. The van der Waals surface area contributed by atoms with Gasteiger partial charge in [-0.05, 0) is 78.4 Å². The maximum Gasteiger partial charge on any atom is 0.0704 e. The average Bonchev–Trinajstić information content (AvgIpc) is 2.73. The summed E-state index contributed by atoms with van der Waals surface area (Å²) in [6, 6.07) is 3.73. The molecule has 1 heterocycles. The molecule has 100 valence electrons. The summed E-state index contributed by atoms with van der Waals surface area (Å²) in [5.41, 5.74) is 1.58. The van der Waals surface area contributed by atoms with Gasteiger partial charge in [-0.1, -0.05) is 6.92 Å². The first-order chi connectivity index (χ1) is 8.72. The van der Waals surface area contributed by atoms with Gasteiger partial charge < -0.3 is 5.32 Å². The zero-order valence-electron chi connectivity index (χ0n) is 11.0. The van der Waals surface area contributed by atoms with E-state index in [1.165, 1.54) is 48.7 Å². The molecule has 0 spiro atoms. The molecule has 2 aliphatic carbocycles. The second kappa shape index (κ2) is 5.64. The van der Waals surface area contributed by atoms with Crippen molar-refractivity contribution in [3.05, 3.63) is 20.3 Å². The summed E-state index contributed by atoms with van der Waals surface area (Å²) in [6.45, 7) is 2.39. The molecule has 2 aliphatic rings. The van der Waals surface area contributed by atoms with Crippen molar-refractivity contribution in [2.45, 2.75) is 64.0 Å². The van der Waals surface area contributed by atoms with E-state index in [0.717, 1.165) is 12.0 Å². The van der Waals surface area contributed by atoms with Crippen LogP contribution in [0.1, 0.15) is 61.9 Å². The smallest absolute Gasteiger partial charge is 0.0704 e. The Morgan fingerprint density at radius 3 is 2.78 bits per heavy atom. The Hall–Kier alpha value is 0.140. The molecular weight excluding hydrogens is 306 g/mol. The monoisotopic (exact) mass is 327 g/mol. The lowest BCUT2D eigenvalue weighted by Gasteiger charge is -2.32. The van der Waals surface area contributed by atoms with E-state index in [2.05, 4.69) is 34.2 Å². The predicted octanol–water partition coefficient (Wildman–Crippen LogP) is 5.06. The fraction of sp³-hybridized carbons (Fsp3) is 0.733. The maximum absolute atomic E-state index is 3.93. The first-order valence-corrected chi connectivity index (χ1v) is 8.87. The molecule has 1 nitrogen and oxygen atoms in total. The van der Waals surface area contributed by atoms with Crippen LogP contribution in [-0.4, -0.2) is 6.04 Å². The van der Waals surface area contributed by atoms with Gasteiger partial charge in [0.05, 0.1) is 3.79 Å². The van der Waals surface area contributed by atoms with Crippen LogP contribution in [-0.2, 0) is 6.42 Å². The van der Waals surface area contributed by atoms with Gasteiger partial charge in [-0.2, -0.15) is 0 Å². The van der Waals surface area contributed by atoms with Crippen molar-refractivity contribution in [3.63, 3.8) is 0 Å². The van der Waals surface area contributed by atoms with Crippen LogP contribution in [0.15, 0.2) is 9.85 Å². The number of halogens is 1. The lowest BCUT2D eigenvalue weighted by Crippen LogP contribution is -2.36. The summed E-state index contributed by atoms with van der Waals surface area (Å²) >= 11 is 5.58. The highest BCUT2D eigenvalue weighted by Crippen LogP contribution is 2.39. The average molecular weight is 328 g/mol. The molecule has 0 saturated heterocycles. The minimum atomic E-state index is 0.620. The molecule has 1 N–H and O–H groups in total. The van der Waals surface area contributed by atoms with Crippen molar-refractivity contribution in [3.8, 4) is 0 Å². The summed E-state index contributed by atoms with van der Waals surface area (Å²) in [5.74, 6) is 0.945. The largest absolute Gasteiger partial charge is 0.307 e. The number of nitrogens with one attached hydrogen (secondary N) is 1. The molecule has 0 aromatic carbocycles. The maximum atomic E-state index is 3.93. The summed E-state index contributed by atoms with van der Waals surface area (Å²) in [4.78, 5) is 1.61. The number of aryl methyl sites for hydroxylation is 1. The van der Waals surface area contributed by atoms with Crippen molar-refractivity contribution in [2.24, 2.45) is 5.92 Å². The Labute approximate surface area is 122 Å². The Morgan fingerprint density at radius 1 is 1.22 bits per heavy atom. The van der Waals surface area contributed by atoms with Gasteiger partial charge in [0.2, 0.25) is 0 Å². The number of rotatable bonds is 2. The van der Waals surface area contributed by atoms with Crippen LogP contribution >= 0.6 is 27.3 Å². The highest BCUT2D eigenvalue weighted by molar-refractivity contribution is 9.11. The van der Waals surface area contributed by atoms with E-state index in [-0.39, 0.29) is 0 Å². The van der Waals surface area contributed by atoms with Crippen LogP contribution in [0.25, 0.3) is 0 Å². The van der Waals surface area contributed by atoms with Crippen LogP contribution in [0.3, 0.4) is 0 Å². The lowest BCUT2D eigenvalue weighted by atomic mass is 9.85. The SMILES string of the molecule is CC1CCC(NC2CCCc3sc(Br)cc32)CC1. The van der Waals surface area contributed by atoms with Gasteiger partial charge in [0.1, 0.15) is 0 Å². The van der Waals surface area contributed by atoms with Gasteiger partial charge in [-0.3, -0.25) is 0 Å². The van der Waals surface area contributed by atoms with Gasteiger partial charge in [-0.15, -0.1) is 11.3 Å². The van der Waals surface area contributed by atoms with Crippen molar-refractivity contribution in [1.82, 2.24) is 5.32 Å². The molecule has 1 atom stereocenters. The van der Waals surface area contributed by atoms with Gasteiger partial charge in [-0.25, -0.2) is 0 Å². The molecule has 1 aromatic rings. The van der Waals surface area contributed by atoms with Crippen LogP contribution in [0.4, 0.5) is 0 Å². The molecule has 1 aromatic heterocycles. The molecule has 3 rings (SSSR count). The Bertz CT molecular complexity index is 407. The first-order valence-electron chi connectivity index (χ1n) is 7.26. The molecule has 18 heavy (non-hydrogen) atoms. The van der Waals surface area contributed by atoms with Crippen molar-refractivity contribution < 1.29 is 0 Å². The van der Waals surface area contributed by atoms with Crippen LogP contribution in [0, 0.1) is 5.92 Å². The van der Waals surface area contributed by atoms with E-state index < -0.39 is 0 Å². The topological polar surface area (TPSA) is 12.0 Å². The summed E-state index contributed by atoms with van der Waals surface area (Å²) in [5, 5.41) is 3.93. The first kappa shape index (κ1) is 13.1.